The molecule has 0 aromatic heterocycles. The molecule has 6 nitrogen and oxygen atoms in total. The van der Waals surface area contributed by atoms with Gasteiger partial charge in [-0.15, -0.1) is 0 Å². The number of amides is 2. The molecule has 0 saturated carbocycles. The van der Waals surface area contributed by atoms with Crippen molar-refractivity contribution in [2.45, 2.75) is 19.8 Å². The third-order valence-electron chi connectivity index (χ3n) is 2.15. The molecule has 17 heavy (non-hydrogen) atoms. The number of nitrogens with zero attached hydrogens (tertiary/aromatic N) is 2. The first-order chi connectivity index (χ1) is 7.88. The minimum absolute atomic E-state index is 0.0225. The van der Waals surface area contributed by atoms with Crippen LogP contribution in [-0.4, -0.2) is 61.9 Å². The van der Waals surface area contributed by atoms with Crippen LogP contribution in [0.1, 0.15) is 19.8 Å². The van der Waals surface area contributed by atoms with E-state index in [1.165, 1.54) is 16.8 Å². The zero-order chi connectivity index (χ0) is 13.4. The lowest BCUT2D eigenvalue weighted by Gasteiger charge is -2.19. The SMILES string of the molecule is CCOC(=O)CCC(=O)N(C)CC(=O)N(C)C. The van der Waals surface area contributed by atoms with Crippen LogP contribution in [0.4, 0.5) is 0 Å². The zero-order valence-corrected chi connectivity index (χ0v) is 10.9. The predicted molar refractivity (Wildman–Crippen MR) is 62.2 cm³/mol. The summed E-state index contributed by atoms with van der Waals surface area (Å²) in [5.74, 6) is -0.793. The summed E-state index contributed by atoms with van der Waals surface area (Å²) in [6, 6.07) is 0. The Morgan fingerprint density at radius 1 is 1.00 bits per heavy atom. The zero-order valence-electron chi connectivity index (χ0n) is 10.9. The average Bonchev–Trinajstić information content (AvgIpc) is 2.25. The molecule has 6 heteroatoms. The van der Waals surface area contributed by atoms with Gasteiger partial charge < -0.3 is 14.5 Å². The van der Waals surface area contributed by atoms with Gasteiger partial charge in [0.05, 0.1) is 19.6 Å². The van der Waals surface area contributed by atoms with E-state index in [1.54, 1.807) is 21.0 Å². The van der Waals surface area contributed by atoms with Crippen LogP contribution >= 0.6 is 0 Å². The highest BCUT2D eigenvalue weighted by Gasteiger charge is 2.15. The van der Waals surface area contributed by atoms with E-state index in [1.807, 2.05) is 0 Å². The van der Waals surface area contributed by atoms with Crippen molar-refractivity contribution in [3.05, 3.63) is 0 Å². The van der Waals surface area contributed by atoms with Gasteiger partial charge in [-0.2, -0.15) is 0 Å². The van der Waals surface area contributed by atoms with Crippen LogP contribution in [0.3, 0.4) is 0 Å². The number of esters is 1. The molecule has 0 aliphatic carbocycles. The smallest absolute Gasteiger partial charge is 0.306 e. The second-order valence-electron chi connectivity index (χ2n) is 3.84. The van der Waals surface area contributed by atoms with Crippen molar-refractivity contribution in [3.8, 4) is 0 Å². The highest BCUT2D eigenvalue weighted by atomic mass is 16.5. The Kier molecular flexibility index (Phi) is 6.93. The van der Waals surface area contributed by atoms with E-state index >= 15 is 0 Å². The number of carbonyl (C=O) groups is 3. The molecule has 0 aliphatic heterocycles. The number of carbonyl (C=O) groups excluding carboxylic acids is 3. The first kappa shape index (κ1) is 15.4. The van der Waals surface area contributed by atoms with Gasteiger partial charge in [0, 0.05) is 27.6 Å². The van der Waals surface area contributed by atoms with Gasteiger partial charge in [-0.3, -0.25) is 14.4 Å². The Morgan fingerprint density at radius 2 is 1.59 bits per heavy atom. The average molecular weight is 244 g/mol. The summed E-state index contributed by atoms with van der Waals surface area (Å²) < 4.78 is 4.71. The summed E-state index contributed by atoms with van der Waals surface area (Å²) in [5.41, 5.74) is 0. The monoisotopic (exact) mass is 244 g/mol. The van der Waals surface area contributed by atoms with E-state index < -0.39 is 5.97 Å². The molecule has 0 heterocycles. The summed E-state index contributed by atoms with van der Waals surface area (Å²) in [4.78, 5) is 36.6. The molecule has 98 valence electrons. The Balaban J connectivity index is 3.98. The van der Waals surface area contributed by atoms with Gasteiger partial charge in [-0.1, -0.05) is 0 Å². The van der Waals surface area contributed by atoms with Gasteiger partial charge in [-0.05, 0) is 6.92 Å². The van der Waals surface area contributed by atoms with Crippen LogP contribution in [0.2, 0.25) is 0 Å². The quantitative estimate of drug-likeness (QED) is 0.611. The minimum atomic E-state index is -0.395. The summed E-state index contributed by atoms with van der Waals surface area (Å²) in [5, 5.41) is 0. The van der Waals surface area contributed by atoms with Crippen LogP contribution in [0.25, 0.3) is 0 Å². The van der Waals surface area contributed by atoms with Crippen LogP contribution in [-0.2, 0) is 19.1 Å². The molecule has 0 bridgehead atoms. The van der Waals surface area contributed by atoms with Crippen molar-refractivity contribution < 1.29 is 19.1 Å². The fraction of sp³-hybridized carbons (Fsp3) is 0.727. The Hall–Kier alpha value is -1.59. The molecular formula is C11H20N2O4. The molecule has 0 spiro atoms. The van der Waals surface area contributed by atoms with Crippen LogP contribution in [0.5, 0.6) is 0 Å². The number of ether oxygens (including phenoxy) is 1. The molecule has 0 atom stereocenters. The number of likely N-dealkylation sites (N-methyl/N-ethyl adjacent to an activating group) is 2. The van der Waals surface area contributed by atoms with Crippen LogP contribution in [0.15, 0.2) is 0 Å². The van der Waals surface area contributed by atoms with Gasteiger partial charge in [0.2, 0.25) is 11.8 Å². The van der Waals surface area contributed by atoms with E-state index in [2.05, 4.69) is 0 Å². The van der Waals surface area contributed by atoms with Crippen molar-refractivity contribution in [2.75, 3.05) is 34.3 Å². The molecule has 0 aliphatic rings. The maximum Gasteiger partial charge on any atom is 0.306 e. The Labute approximate surface area is 102 Å². The van der Waals surface area contributed by atoms with Crippen LogP contribution in [0, 0.1) is 0 Å². The second kappa shape index (κ2) is 7.65. The molecule has 0 fully saturated rings. The Morgan fingerprint density at radius 3 is 2.06 bits per heavy atom. The molecule has 0 unspecified atom stereocenters. The predicted octanol–water partition coefficient (Wildman–Crippen LogP) is -0.124. The molecule has 0 aromatic rings. The van der Waals surface area contributed by atoms with Crippen molar-refractivity contribution in [3.63, 3.8) is 0 Å². The summed E-state index contributed by atoms with van der Waals surface area (Å²) in [7, 11) is 4.79. The molecule has 2 amide bonds. The topological polar surface area (TPSA) is 66.9 Å². The summed E-state index contributed by atoms with van der Waals surface area (Å²) in [6.45, 7) is 2.04. The lowest BCUT2D eigenvalue weighted by molar-refractivity contribution is -0.145. The van der Waals surface area contributed by atoms with Crippen molar-refractivity contribution in [1.29, 1.82) is 0 Å². The highest BCUT2D eigenvalue weighted by Crippen LogP contribution is 1.98. The molecule has 0 radical (unpaired) electrons. The lowest BCUT2D eigenvalue weighted by Crippen LogP contribution is -2.37. The maximum atomic E-state index is 11.6. The van der Waals surface area contributed by atoms with Gasteiger partial charge in [0.15, 0.2) is 0 Å². The third-order valence-corrected chi connectivity index (χ3v) is 2.15. The highest BCUT2D eigenvalue weighted by molar-refractivity contribution is 5.86. The molecule has 0 saturated heterocycles. The van der Waals surface area contributed by atoms with Gasteiger partial charge in [0.1, 0.15) is 0 Å². The first-order valence-corrected chi connectivity index (χ1v) is 5.48. The number of hydrogen-bond donors (Lipinski definition) is 0. The van der Waals surface area contributed by atoms with Crippen LogP contribution < -0.4 is 0 Å². The second-order valence-corrected chi connectivity index (χ2v) is 3.84. The van der Waals surface area contributed by atoms with E-state index in [0.29, 0.717) is 6.61 Å². The Bertz CT molecular complexity index is 289. The number of hydrogen-bond acceptors (Lipinski definition) is 4. The largest absolute Gasteiger partial charge is 0.466 e. The van der Waals surface area contributed by atoms with Crippen molar-refractivity contribution in [1.82, 2.24) is 9.80 Å². The summed E-state index contributed by atoms with van der Waals surface area (Å²) >= 11 is 0. The van der Waals surface area contributed by atoms with Gasteiger partial charge >= 0.3 is 5.97 Å². The van der Waals surface area contributed by atoms with Gasteiger partial charge in [-0.25, -0.2) is 0 Å². The summed E-state index contributed by atoms with van der Waals surface area (Å²) in [6.07, 6.45) is 0.114. The van der Waals surface area contributed by atoms with E-state index in [9.17, 15) is 14.4 Å². The van der Waals surface area contributed by atoms with E-state index in [4.69, 9.17) is 4.74 Å². The van der Waals surface area contributed by atoms with Gasteiger partial charge in [0.25, 0.3) is 0 Å². The first-order valence-electron chi connectivity index (χ1n) is 5.48. The number of rotatable bonds is 6. The lowest BCUT2D eigenvalue weighted by atomic mass is 10.3. The molecule has 0 rings (SSSR count). The standard InChI is InChI=1S/C11H20N2O4/c1-5-17-11(16)7-6-9(14)13(4)8-10(15)12(2)3/h5-8H2,1-4H3. The molecule has 0 aromatic carbocycles. The normalized spacial score (nSPS) is 9.65. The maximum absolute atomic E-state index is 11.6. The van der Waals surface area contributed by atoms with E-state index in [-0.39, 0.29) is 31.2 Å². The fourth-order valence-corrected chi connectivity index (χ4v) is 1.07. The fourth-order valence-electron chi connectivity index (χ4n) is 1.07. The molecular weight excluding hydrogens is 224 g/mol. The molecule has 0 N–H and O–H groups in total. The van der Waals surface area contributed by atoms with E-state index in [0.717, 1.165) is 0 Å². The van der Waals surface area contributed by atoms with Crippen molar-refractivity contribution >= 4 is 17.8 Å². The van der Waals surface area contributed by atoms with Crippen molar-refractivity contribution in [2.24, 2.45) is 0 Å². The third kappa shape index (κ3) is 6.55. The minimum Gasteiger partial charge on any atom is -0.466 e.